The SMILES string of the molecule is C.C.CI.N[C@@H](Cc1cc(F)cc(F)c1)c1nc(Br)ccc1Br.O=C(Cc1cc(F)cc(F)c1)c1nc(Br)ccc1Br.[I][V]([I])[I]. The Hall–Kier alpha value is 1.51. The molecule has 1 atom stereocenters. The van der Waals surface area contributed by atoms with Crippen molar-refractivity contribution in [2.75, 3.05) is 4.93 Å². The number of hydrogen-bond acceptors (Lipinski definition) is 4. The molecule has 4 nitrogen and oxygen atoms in total. The number of nitrogens with two attached hydrogens (primary N) is 1. The summed E-state index contributed by atoms with van der Waals surface area (Å²) in [5.41, 5.74) is 7.67. The molecule has 2 N–H and O–H groups in total. The molecule has 0 amide bonds. The maximum atomic E-state index is 13.1. The molecule has 4 aromatic rings. The number of benzene rings is 2. The predicted molar refractivity (Wildman–Crippen MR) is 226 cm³/mol. The minimum atomic E-state index is -0.705. The fourth-order valence-electron chi connectivity index (χ4n) is 3.37. The van der Waals surface area contributed by atoms with Crippen LogP contribution in [0, 0.1) is 23.3 Å². The number of ketones is 1. The zero-order valence-corrected chi connectivity index (χ0v) is 38.5. The molecule has 0 unspecified atom stereocenters. The van der Waals surface area contributed by atoms with E-state index in [1.54, 1.807) is 18.2 Å². The van der Waals surface area contributed by atoms with Gasteiger partial charge >= 0.3 is 64.9 Å². The van der Waals surface area contributed by atoms with Gasteiger partial charge in [-0.1, -0.05) is 37.4 Å². The Balaban J connectivity index is 0. The zero-order valence-electron chi connectivity index (χ0n) is 22.1. The average molecular weight is 1390 g/mol. The van der Waals surface area contributed by atoms with Gasteiger partial charge in [-0.15, -0.1) is 0 Å². The van der Waals surface area contributed by atoms with E-state index in [4.69, 9.17) is 5.73 Å². The first kappa shape index (κ1) is 49.6. The summed E-state index contributed by atoms with van der Waals surface area (Å²) in [5, 5.41) is 0. The van der Waals surface area contributed by atoms with Crippen molar-refractivity contribution in [3.8, 4) is 0 Å². The molecule has 254 valence electrons. The second-order valence-electron chi connectivity index (χ2n) is 8.12. The molecule has 4 rings (SSSR count). The molecule has 46 heavy (non-hydrogen) atoms. The Morgan fingerprint density at radius 3 is 1.59 bits per heavy atom. The fourth-order valence-corrected chi connectivity index (χ4v) is 4.96. The first-order chi connectivity index (χ1) is 20.6. The summed E-state index contributed by atoms with van der Waals surface area (Å²) in [6, 6.07) is 12.9. The molecule has 2 aromatic carbocycles. The third kappa shape index (κ3) is 19.8. The normalized spacial score (nSPS) is 10.4. The van der Waals surface area contributed by atoms with E-state index in [-0.39, 0.29) is 43.2 Å². The Morgan fingerprint density at radius 2 is 1.13 bits per heavy atom. The van der Waals surface area contributed by atoms with Gasteiger partial charge in [0.25, 0.3) is 0 Å². The predicted octanol–water partition coefficient (Wildman–Crippen LogP) is 13.4. The molecular formula is C29H28Br4F4I4N3OV. The summed E-state index contributed by atoms with van der Waals surface area (Å²) >= 11 is 22.6. The molecule has 0 aliphatic rings. The van der Waals surface area contributed by atoms with Gasteiger partial charge in [0.05, 0.1) is 11.7 Å². The number of aromatic nitrogens is 2. The number of hydrogen-bond donors (Lipinski definition) is 1. The molecule has 17 heteroatoms. The number of alkyl halides is 1. The number of carbonyl (C=O) groups excluding carboxylic acids is 1. The van der Waals surface area contributed by atoms with Crippen LogP contribution in [0.3, 0.4) is 0 Å². The monoisotopic (exact) mass is 1380 g/mol. The summed E-state index contributed by atoms with van der Waals surface area (Å²) in [6.07, 6.45) is 0.188. The zero-order chi connectivity index (χ0) is 33.6. The maximum absolute atomic E-state index is 13.1. The van der Waals surface area contributed by atoms with Gasteiger partial charge in [-0.25, -0.2) is 27.5 Å². The molecule has 0 saturated heterocycles. The molecule has 0 radical (unpaired) electrons. The van der Waals surface area contributed by atoms with Crippen LogP contribution in [0.5, 0.6) is 0 Å². The number of carbonyl (C=O) groups is 1. The Kier molecular flexibility index (Phi) is 28.4. The topological polar surface area (TPSA) is 68.9 Å². The van der Waals surface area contributed by atoms with E-state index in [1.165, 1.54) is 12.1 Å². The number of nitrogens with zero attached hydrogens (tertiary/aromatic N) is 2. The van der Waals surface area contributed by atoms with Gasteiger partial charge in [0.1, 0.15) is 38.2 Å². The van der Waals surface area contributed by atoms with Crippen LogP contribution in [0.4, 0.5) is 17.6 Å². The van der Waals surface area contributed by atoms with Crippen LogP contribution >= 0.6 is 146 Å². The van der Waals surface area contributed by atoms with Crippen molar-refractivity contribution >= 4 is 152 Å². The Morgan fingerprint density at radius 1 is 0.739 bits per heavy atom. The van der Waals surface area contributed by atoms with Crippen LogP contribution in [-0.4, -0.2) is 20.7 Å². The average Bonchev–Trinajstić information content (AvgIpc) is 2.91. The van der Waals surface area contributed by atoms with Crippen LogP contribution in [-0.2, 0) is 17.8 Å². The molecule has 2 aromatic heterocycles. The van der Waals surface area contributed by atoms with Crippen molar-refractivity contribution in [3.05, 3.63) is 125 Å². The molecule has 0 aliphatic carbocycles. The van der Waals surface area contributed by atoms with Crippen molar-refractivity contribution in [1.29, 1.82) is 0 Å². The van der Waals surface area contributed by atoms with Gasteiger partial charge in [-0.2, -0.15) is 0 Å². The van der Waals surface area contributed by atoms with Crippen molar-refractivity contribution < 1.29 is 27.3 Å². The van der Waals surface area contributed by atoms with Gasteiger partial charge in [0.2, 0.25) is 0 Å². The number of halogens is 12. The number of rotatable bonds is 6. The van der Waals surface area contributed by atoms with E-state index >= 15 is 0 Å². The Labute approximate surface area is 352 Å². The van der Waals surface area contributed by atoms with E-state index < -0.39 is 29.3 Å². The van der Waals surface area contributed by atoms with Gasteiger partial charge in [-0.05, 0) is 135 Å². The standard InChI is InChI=1S/C13H10Br2F2N2.C13H7Br2F2NO.CH3I.2CH4.3HI.V/c14-10-1-2-12(15)19-13(10)11(18)5-7-3-8(16)6-9(17)4-7;14-10-1-2-12(15)18-13(10)11(19)5-7-3-8(16)6-9(17)4-7;1-2;;;;;;/h1-4,6,11H,5,18H2;1-4,6H,5H2;1H3;2*1H4;3*1H;/q;;;;;;;;+3/p-3/t11-;;;;;;;;/m0......../s1. The first-order valence-electron chi connectivity index (χ1n) is 11.6. The molecule has 0 saturated carbocycles. The quantitative estimate of drug-likeness (QED) is 0.0687. The number of pyridine rings is 2. The summed E-state index contributed by atoms with van der Waals surface area (Å²) in [5.74, 6) is -2.95. The molecular weight excluding hydrogens is 1360 g/mol. The summed E-state index contributed by atoms with van der Waals surface area (Å²) in [4.78, 5) is 22.1. The summed E-state index contributed by atoms with van der Waals surface area (Å²) < 4.78 is 54.8. The van der Waals surface area contributed by atoms with Crippen LogP contribution in [0.25, 0.3) is 0 Å². The van der Waals surface area contributed by atoms with E-state index in [9.17, 15) is 22.4 Å². The second kappa shape index (κ2) is 26.3. The van der Waals surface area contributed by atoms with Crippen LogP contribution in [0.1, 0.15) is 48.2 Å². The molecule has 0 spiro atoms. The van der Waals surface area contributed by atoms with E-state index in [1.807, 2.05) is 11.0 Å². The van der Waals surface area contributed by atoms with E-state index in [0.29, 0.717) is 31.4 Å². The molecule has 0 bridgehead atoms. The number of Topliss-reactive ketones (excluding diaryl/α,β-unsaturated/α-hetero) is 1. The van der Waals surface area contributed by atoms with Gasteiger partial charge < -0.3 is 5.73 Å². The van der Waals surface area contributed by atoms with Gasteiger partial charge in [-0.3, -0.25) is 4.79 Å². The van der Waals surface area contributed by atoms with Crippen molar-refractivity contribution in [3.63, 3.8) is 0 Å². The van der Waals surface area contributed by atoms with Gasteiger partial charge in [0.15, 0.2) is 5.78 Å². The van der Waals surface area contributed by atoms with Crippen LogP contribution in [0.2, 0.25) is 0 Å². The van der Waals surface area contributed by atoms with Crippen molar-refractivity contribution in [2.45, 2.75) is 33.7 Å². The molecule has 2 heterocycles. The summed E-state index contributed by atoms with van der Waals surface area (Å²) in [6.45, 7) is 0. The van der Waals surface area contributed by atoms with Crippen molar-refractivity contribution in [1.82, 2.24) is 9.97 Å². The minimum absolute atomic E-state index is 0. The second-order valence-corrected chi connectivity index (χ2v) is 46.8. The fraction of sp³-hybridized carbons (Fsp3) is 0.207. The van der Waals surface area contributed by atoms with E-state index in [0.717, 1.165) is 28.7 Å². The third-order valence-corrected chi connectivity index (χ3v) is 7.13. The van der Waals surface area contributed by atoms with Crippen molar-refractivity contribution in [2.24, 2.45) is 5.73 Å². The van der Waals surface area contributed by atoms with E-state index in [2.05, 4.69) is 156 Å². The van der Waals surface area contributed by atoms with Crippen LogP contribution in [0.15, 0.2) is 78.8 Å². The van der Waals surface area contributed by atoms with Crippen LogP contribution < -0.4 is 5.73 Å². The summed E-state index contributed by atoms with van der Waals surface area (Å²) in [7, 11) is 0. The molecule has 0 aliphatic heterocycles. The Bertz CT molecular complexity index is 1510. The van der Waals surface area contributed by atoms with Gasteiger partial charge in [0, 0.05) is 27.5 Å². The third-order valence-electron chi connectivity index (χ3n) is 4.93. The molecule has 0 fully saturated rings. The first-order valence-corrected chi connectivity index (χ1v) is 30.5.